The summed E-state index contributed by atoms with van der Waals surface area (Å²) in [5.74, 6) is 0.143. The van der Waals surface area contributed by atoms with Gasteiger partial charge in [0.15, 0.2) is 5.84 Å². The quantitative estimate of drug-likeness (QED) is 0.384. The molecule has 1 aromatic rings. The van der Waals surface area contributed by atoms with Crippen molar-refractivity contribution >= 4 is 27.5 Å². The Kier molecular flexibility index (Phi) is 4.31. The molecule has 1 aromatic carbocycles. The molecule has 0 radical (unpaired) electrons. The van der Waals surface area contributed by atoms with Crippen LogP contribution in [0.15, 0.2) is 27.8 Å². The number of likely N-dealkylation sites (N-methyl/N-ethyl adjacent to an activating group) is 1. The van der Waals surface area contributed by atoms with Gasteiger partial charge in [-0.2, -0.15) is 0 Å². The van der Waals surface area contributed by atoms with Crippen LogP contribution in [-0.2, 0) is 0 Å². The maximum absolute atomic E-state index is 8.91. The lowest BCUT2D eigenvalue weighted by atomic mass is 10.1. The molecular formula is C13H19BrN4O. The van der Waals surface area contributed by atoms with Crippen LogP contribution in [0.3, 0.4) is 0 Å². The van der Waals surface area contributed by atoms with Crippen molar-refractivity contribution in [3.63, 3.8) is 0 Å². The van der Waals surface area contributed by atoms with Crippen molar-refractivity contribution < 1.29 is 5.21 Å². The van der Waals surface area contributed by atoms with E-state index in [1.165, 1.54) is 0 Å². The van der Waals surface area contributed by atoms with Crippen LogP contribution in [0.25, 0.3) is 0 Å². The van der Waals surface area contributed by atoms with Crippen molar-refractivity contribution in [3.8, 4) is 0 Å². The van der Waals surface area contributed by atoms with Crippen molar-refractivity contribution in [1.82, 2.24) is 4.90 Å². The number of anilines is 1. The lowest BCUT2D eigenvalue weighted by Crippen LogP contribution is -2.32. The summed E-state index contributed by atoms with van der Waals surface area (Å²) in [5.41, 5.74) is 7.55. The molecule has 5 nitrogen and oxygen atoms in total. The minimum atomic E-state index is 0.143. The second-order valence-corrected chi connectivity index (χ2v) is 5.91. The molecule has 0 spiro atoms. The molecule has 1 unspecified atom stereocenters. The van der Waals surface area contributed by atoms with E-state index in [1.807, 2.05) is 18.2 Å². The van der Waals surface area contributed by atoms with Gasteiger partial charge in [-0.25, -0.2) is 0 Å². The van der Waals surface area contributed by atoms with Gasteiger partial charge in [0.1, 0.15) is 0 Å². The van der Waals surface area contributed by atoms with Crippen LogP contribution < -0.4 is 10.6 Å². The highest BCUT2D eigenvalue weighted by atomic mass is 79.9. The number of nitrogens with zero attached hydrogens (tertiary/aromatic N) is 3. The van der Waals surface area contributed by atoms with E-state index in [9.17, 15) is 0 Å². The largest absolute Gasteiger partial charge is 0.409 e. The Morgan fingerprint density at radius 2 is 2.26 bits per heavy atom. The number of rotatable bonds is 3. The van der Waals surface area contributed by atoms with E-state index >= 15 is 0 Å². The molecule has 1 atom stereocenters. The van der Waals surface area contributed by atoms with Crippen LogP contribution in [-0.4, -0.2) is 49.2 Å². The molecule has 1 aliphatic rings. The van der Waals surface area contributed by atoms with Crippen LogP contribution in [0, 0.1) is 0 Å². The van der Waals surface area contributed by atoms with Gasteiger partial charge in [-0.3, -0.25) is 0 Å². The van der Waals surface area contributed by atoms with Gasteiger partial charge in [-0.05, 0) is 38.7 Å². The highest BCUT2D eigenvalue weighted by Gasteiger charge is 2.26. The standard InChI is InChI=1S/C13H19BrN4O/c1-17(2)10-5-6-18(8-10)12-4-3-9(14)7-11(12)13(15)16-19/h3-4,7,10,19H,5-6,8H2,1-2H3,(H2,15,16). The molecule has 0 amide bonds. The first-order chi connectivity index (χ1) is 9.02. The van der Waals surface area contributed by atoms with E-state index in [0.29, 0.717) is 6.04 Å². The highest BCUT2D eigenvalue weighted by Crippen LogP contribution is 2.28. The summed E-state index contributed by atoms with van der Waals surface area (Å²) in [6, 6.07) is 6.42. The zero-order valence-corrected chi connectivity index (χ0v) is 12.8. The molecule has 104 valence electrons. The summed E-state index contributed by atoms with van der Waals surface area (Å²) in [6.07, 6.45) is 1.12. The summed E-state index contributed by atoms with van der Waals surface area (Å²) in [4.78, 5) is 4.52. The molecule has 1 aliphatic heterocycles. The predicted octanol–water partition coefficient (Wildman–Crippen LogP) is 1.68. The number of oxime groups is 1. The average Bonchev–Trinajstić information content (AvgIpc) is 2.87. The first kappa shape index (κ1) is 14.1. The zero-order valence-electron chi connectivity index (χ0n) is 11.2. The molecule has 0 aromatic heterocycles. The van der Waals surface area contributed by atoms with Crippen molar-refractivity contribution in [2.24, 2.45) is 10.9 Å². The summed E-state index contributed by atoms with van der Waals surface area (Å²) in [7, 11) is 4.19. The number of halogens is 1. The van der Waals surface area contributed by atoms with E-state index in [0.717, 1.165) is 35.2 Å². The van der Waals surface area contributed by atoms with Gasteiger partial charge in [0.2, 0.25) is 0 Å². The summed E-state index contributed by atoms with van der Waals surface area (Å²) >= 11 is 3.42. The molecule has 0 bridgehead atoms. The highest BCUT2D eigenvalue weighted by molar-refractivity contribution is 9.10. The lowest BCUT2D eigenvalue weighted by molar-refractivity contribution is 0.315. The monoisotopic (exact) mass is 326 g/mol. The first-order valence-corrected chi connectivity index (χ1v) is 7.01. The van der Waals surface area contributed by atoms with E-state index in [-0.39, 0.29) is 5.84 Å². The minimum Gasteiger partial charge on any atom is -0.409 e. The van der Waals surface area contributed by atoms with Crippen molar-refractivity contribution in [2.45, 2.75) is 12.5 Å². The third-order valence-electron chi connectivity index (χ3n) is 3.58. The Bertz CT molecular complexity index is 490. The molecule has 19 heavy (non-hydrogen) atoms. The Balaban J connectivity index is 2.30. The fourth-order valence-electron chi connectivity index (χ4n) is 2.43. The molecule has 0 aliphatic carbocycles. The van der Waals surface area contributed by atoms with Crippen LogP contribution >= 0.6 is 15.9 Å². The molecule has 2 rings (SSSR count). The number of hydrogen-bond acceptors (Lipinski definition) is 4. The number of amidine groups is 1. The Labute approximate surface area is 121 Å². The maximum Gasteiger partial charge on any atom is 0.172 e. The van der Waals surface area contributed by atoms with Gasteiger partial charge in [-0.15, -0.1) is 0 Å². The fraction of sp³-hybridized carbons (Fsp3) is 0.462. The van der Waals surface area contributed by atoms with Gasteiger partial charge in [0.25, 0.3) is 0 Å². The van der Waals surface area contributed by atoms with E-state index in [4.69, 9.17) is 10.9 Å². The number of benzene rings is 1. The molecule has 0 saturated carbocycles. The first-order valence-electron chi connectivity index (χ1n) is 6.21. The topological polar surface area (TPSA) is 65.1 Å². The Morgan fingerprint density at radius 3 is 2.84 bits per heavy atom. The molecule has 1 saturated heterocycles. The summed E-state index contributed by atoms with van der Waals surface area (Å²) in [5, 5.41) is 12.0. The predicted molar refractivity (Wildman–Crippen MR) is 81.0 cm³/mol. The van der Waals surface area contributed by atoms with Crippen LogP contribution in [0.2, 0.25) is 0 Å². The number of hydrogen-bond donors (Lipinski definition) is 2. The molecule has 3 N–H and O–H groups in total. The lowest BCUT2D eigenvalue weighted by Gasteiger charge is -2.23. The average molecular weight is 327 g/mol. The smallest absolute Gasteiger partial charge is 0.172 e. The van der Waals surface area contributed by atoms with Gasteiger partial charge in [0.05, 0.1) is 0 Å². The third-order valence-corrected chi connectivity index (χ3v) is 4.07. The normalized spacial score (nSPS) is 20.3. The number of nitrogens with two attached hydrogens (primary N) is 1. The van der Waals surface area contributed by atoms with Crippen molar-refractivity contribution in [3.05, 3.63) is 28.2 Å². The summed E-state index contributed by atoms with van der Waals surface area (Å²) < 4.78 is 0.918. The zero-order chi connectivity index (χ0) is 14.0. The van der Waals surface area contributed by atoms with Gasteiger partial charge >= 0.3 is 0 Å². The molecule has 1 fully saturated rings. The molecular weight excluding hydrogens is 308 g/mol. The third kappa shape index (κ3) is 3.01. The molecule has 6 heteroatoms. The Hall–Kier alpha value is -1.27. The van der Waals surface area contributed by atoms with Crippen molar-refractivity contribution in [2.75, 3.05) is 32.1 Å². The Morgan fingerprint density at radius 1 is 1.53 bits per heavy atom. The summed E-state index contributed by atoms with van der Waals surface area (Å²) in [6.45, 7) is 1.94. The van der Waals surface area contributed by atoms with E-state index < -0.39 is 0 Å². The van der Waals surface area contributed by atoms with Crippen LogP contribution in [0.5, 0.6) is 0 Å². The van der Waals surface area contributed by atoms with Crippen molar-refractivity contribution in [1.29, 1.82) is 0 Å². The second kappa shape index (κ2) is 5.79. The van der Waals surface area contributed by atoms with Gasteiger partial charge < -0.3 is 20.7 Å². The van der Waals surface area contributed by atoms with E-state index in [2.05, 4.69) is 45.0 Å². The van der Waals surface area contributed by atoms with Crippen LogP contribution in [0.4, 0.5) is 5.69 Å². The van der Waals surface area contributed by atoms with Crippen LogP contribution in [0.1, 0.15) is 12.0 Å². The van der Waals surface area contributed by atoms with Gasteiger partial charge in [0, 0.05) is 34.9 Å². The fourth-order valence-corrected chi connectivity index (χ4v) is 2.79. The maximum atomic E-state index is 8.91. The molecule has 1 heterocycles. The van der Waals surface area contributed by atoms with Gasteiger partial charge in [-0.1, -0.05) is 21.1 Å². The van der Waals surface area contributed by atoms with E-state index in [1.54, 1.807) is 0 Å². The minimum absolute atomic E-state index is 0.143. The second-order valence-electron chi connectivity index (χ2n) is 5.00. The SMILES string of the molecule is CN(C)C1CCN(c2ccc(Br)cc2/C(N)=N/O)C1.